The van der Waals surface area contributed by atoms with Gasteiger partial charge in [-0.05, 0) is 44.1 Å². The fourth-order valence-corrected chi connectivity index (χ4v) is 2.12. The summed E-state index contributed by atoms with van der Waals surface area (Å²) in [5.74, 6) is 1.59. The minimum absolute atomic E-state index is 0.505. The van der Waals surface area contributed by atoms with E-state index in [1.165, 1.54) is 5.56 Å². The maximum absolute atomic E-state index is 5.68. The molecular weight excluding hydrogens is 248 g/mol. The fraction of sp³-hybridized carbons (Fsp3) is 0.647. The predicted molar refractivity (Wildman–Crippen MR) is 86.2 cm³/mol. The minimum Gasteiger partial charge on any atom is -0.494 e. The zero-order chi connectivity index (χ0) is 15.0. The molecule has 1 rings (SSSR count). The van der Waals surface area contributed by atoms with Crippen LogP contribution in [0.1, 0.15) is 32.8 Å². The summed E-state index contributed by atoms with van der Waals surface area (Å²) in [7, 11) is 4.24. The number of nitrogens with zero attached hydrogens (tertiary/aromatic N) is 1. The third-order valence-corrected chi connectivity index (χ3v) is 3.31. The highest BCUT2D eigenvalue weighted by Gasteiger charge is 2.13. The summed E-state index contributed by atoms with van der Waals surface area (Å²) in [4.78, 5) is 2.23. The van der Waals surface area contributed by atoms with Gasteiger partial charge in [0.1, 0.15) is 5.75 Å². The Balaban J connectivity index is 2.54. The smallest absolute Gasteiger partial charge is 0.119 e. The maximum Gasteiger partial charge on any atom is 0.119 e. The first-order valence-corrected chi connectivity index (χ1v) is 7.62. The van der Waals surface area contributed by atoms with Crippen molar-refractivity contribution in [2.75, 3.05) is 27.2 Å². The van der Waals surface area contributed by atoms with E-state index in [9.17, 15) is 0 Å². The quantitative estimate of drug-likeness (QED) is 0.751. The van der Waals surface area contributed by atoms with Crippen molar-refractivity contribution in [3.05, 3.63) is 29.8 Å². The van der Waals surface area contributed by atoms with Gasteiger partial charge in [-0.1, -0.05) is 32.9 Å². The third-order valence-electron chi connectivity index (χ3n) is 3.31. The summed E-state index contributed by atoms with van der Waals surface area (Å²) in [6.07, 6.45) is 1.04. The molecule has 1 aromatic rings. The topological polar surface area (TPSA) is 24.5 Å². The Morgan fingerprint density at radius 2 is 2.00 bits per heavy atom. The van der Waals surface area contributed by atoms with Gasteiger partial charge in [-0.15, -0.1) is 0 Å². The molecule has 3 nitrogen and oxygen atoms in total. The molecule has 0 aliphatic rings. The standard InChI is InChI=1S/C17H30N2O/c1-6-10-20-16-9-7-8-15(11-16)12-18-17(14(2)3)13-19(4)5/h7-9,11,14,17-18H,6,10,12-13H2,1-5H3. The molecule has 0 bridgehead atoms. The first-order valence-electron chi connectivity index (χ1n) is 7.62. The molecule has 0 saturated heterocycles. The van der Waals surface area contributed by atoms with E-state index in [2.05, 4.69) is 63.3 Å². The van der Waals surface area contributed by atoms with Gasteiger partial charge in [0.15, 0.2) is 0 Å². The summed E-state index contributed by atoms with van der Waals surface area (Å²) in [6, 6.07) is 8.89. The lowest BCUT2D eigenvalue weighted by Gasteiger charge is -2.25. The Bertz CT molecular complexity index is 377. The lowest BCUT2D eigenvalue weighted by molar-refractivity contribution is 0.287. The van der Waals surface area contributed by atoms with Gasteiger partial charge >= 0.3 is 0 Å². The van der Waals surface area contributed by atoms with E-state index in [0.717, 1.165) is 31.9 Å². The molecule has 1 atom stereocenters. The molecular formula is C17H30N2O. The van der Waals surface area contributed by atoms with Crippen molar-refractivity contribution in [1.29, 1.82) is 0 Å². The van der Waals surface area contributed by atoms with Gasteiger partial charge < -0.3 is 15.0 Å². The van der Waals surface area contributed by atoms with Crippen LogP contribution in [0.5, 0.6) is 5.75 Å². The number of benzene rings is 1. The molecule has 0 amide bonds. The molecule has 1 unspecified atom stereocenters. The van der Waals surface area contributed by atoms with Gasteiger partial charge in [-0.3, -0.25) is 0 Å². The second-order valence-corrected chi connectivity index (χ2v) is 5.99. The number of likely N-dealkylation sites (N-methyl/N-ethyl adjacent to an activating group) is 1. The van der Waals surface area contributed by atoms with Gasteiger partial charge in [0, 0.05) is 19.1 Å². The molecule has 0 radical (unpaired) electrons. The van der Waals surface area contributed by atoms with Crippen LogP contribution in [-0.2, 0) is 6.54 Å². The summed E-state index contributed by atoms with van der Waals surface area (Å²) >= 11 is 0. The number of ether oxygens (including phenoxy) is 1. The van der Waals surface area contributed by atoms with Gasteiger partial charge in [0.05, 0.1) is 6.61 Å². The van der Waals surface area contributed by atoms with Crippen LogP contribution in [0.25, 0.3) is 0 Å². The lowest BCUT2D eigenvalue weighted by atomic mass is 10.0. The average molecular weight is 278 g/mol. The predicted octanol–water partition coefficient (Wildman–Crippen LogP) is 3.15. The number of hydrogen-bond acceptors (Lipinski definition) is 3. The van der Waals surface area contributed by atoms with Crippen LogP contribution in [0.3, 0.4) is 0 Å². The highest BCUT2D eigenvalue weighted by molar-refractivity contribution is 5.28. The minimum atomic E-state index is 0.505. The lowest BCUT2D eigenvalue weighted by Crippen LogP contribution is -2.41. The zero-order valence-electron chi connectivity index (χ0n) is 13.6. The molecule has 0 aliphatic carbocycles. The first-order chi connectivity index (χ1) is 9.52. The van der Waals surface area contributed by atoms with E-state index in [1.807, 2.05) is 6.07 Å². The Kier molecular flexibility index (Phi) is 7.63. The van der Waals surface area contributed by atoms with E-state index < -0.39 is 0 Å². The fourth-order valence-electron chi connectivity index (χ4n) is 2.12. The van der Waals surface area contributed by atoms with E-state index in [4.69, 9.17) is 4.74 Å². The summed E-state index contributed by atoms with van der Waals surface area (Å²) in [5, 5.41) is 3.65. The highest BCUT2D eigenvalue weighted by Crippen LogP contribution is 2.14. The van der Waals surface area contributed by atoms with Gasteiger partial charge in [0.25, 0.3) is 0 Å². The van der Waals surface area contributed by atoms with Gasteiger partial charge in [0.2, 0.25) is 0 Å². The van der Waals surface area contributed by atoms with E-state index >= 15 is 0 Å². The van der Waals surface area contributed by atoms with Gasteiger partial charge in [-0.25, -0.2) is 0 Å². The second-order valence-electron chi connectivity index (χ2n) is 5.99. The molecule has 20 heavy (non-hydrogen) atoms. The molecule has 0 saturated carbocycles. The third kappa shape index (κ3) is 6.40. The number of hydrogen-bond donors (Lipinski definition) is 1. The zero-order valence-corrected chi connectivity index (χ0v) is 13.6. The maximum atomic E-state index is 5.68. The molecule has 1 aromatic carbocycles. The molecule has 0 aliphatic heterocycles. The average Bonchev–Trinajstić information content (AvgIpc) is 2.41. The molecule has 0 spiro atoms. The van der Waals surface area contributed by atoms with E-state index in [1.54, 1.807) is 0 Å². The summed E-state index contributed by atoms with van der Waals surface area (Å²) in [5.41, 5.74) is 1.28. The molecule has 1 N–H and O–H groups in total. The van der Waals surface area contributed by atoms with Crippen LogP contribution in [0.4, 0.5) is 0 Å². The Morgan fingerprint density at radius 3 is 2.60 bits per heavy atom. The normalized spacial score (nSPS) is 12.9. The Labute approximate surface area is 124 Å². The largest absolute Gasteiger partial charge is 0.494 e. The van der Waals surface area contributed by atoms with Crippen molar-refractivity contribution in [2.45, 2.75) is 39.8 Å². The van der Waals surface area contributed by atoms with Crippen LogP contribution in [-0.4, -0.2) is 38.2 Å². The first kappa shape index (κ1) is 17.0. The Morgan fingerprint density at radius 1 is 1.25 bits per heavy atom. The van der Waals surface area contributed by atoms with E-state index in [0.29, 0.717) is 12.0 Å². The van der Waals surface area contributed by atoms with Crippen molar-refractivity contribution >= 4 is 0 Å². The molecule has 114 valence electrons. The van der Waals surface area contributed by atoms with Crippen molar-refractivity contribution in [1.82, 2.24) is 10.2 Å². The van der Waals surface area contributed by atoms with E-state index in [-0.39, 0.29) is 0 Å². The SMILES string of the molecule is CCCOc1cccc(CNC(CN(C)C)C(C)C)c1. The van der Waals surface area contributed by atoms with Crippen molar-refractivity contribution in [3.8, 4) is 5.75 Å². The summed E-state index contributed by atoms with van der Waals surface area (Å²) in [6.45, 7) is 9.39. The van der Waals surface area contributed by atoms with Crippen LogP contribution in [0.2, 0.25) is 0 Å². The molecule has 0 aromatic heterocycles. The van der Waals surface area contributed by atoms with Crippen LogP contribution in [0, 0.1) is 5.92 Å². The second kappa shape index (κ2) is 8.98. The van der Waals surface area contributed by atoms with Crippen LogP contribution >= 0.6 is 0 Å². The number of rotatable bonds is 9. The van der Waals surface area contributed by atoms with Crippen molar-refractivity contribution in [3.63, 3.8) is 0 Å². The van der Waals surface area contributed by atoms with Gasteiger partial charge in [-0.2, -0.15) is 0 Å². The molecule has 0 heterocycles. The van der Waals surface area contributed by atoms with Crippen molar-refractivity contribution in [2.24, 2.45) is 5.92 Å². The Hall–Kier alpha value is -1.06. The molecule has 3 heteroatoms. The number of nitrogens with one attached hydrogen (secondary N) is 1. The van der Waals surface area contributed by atoms with Crippen LogP contribution < -0.4 is 10.1 Å². The van der Waals surface area contributed by atoms with Crippen LogP contribution in [0.15, 0.2) is 24.3 Å². The highest BCUT2D eigenvalue weighted by atomic mass is 16.5. The monoisotopic (exact) mass is 278 g/mol. The molecule has 0 fully saturated rings. The summed E-state index contributed by atoms with van der Waals surface area (Å²) < 4.78 is 5.68. The van der Waals surface area contributed by atoms with Crippen molar-refractivity contribution < 1.29 is 4.74 Å².